The van der Waals surface area contributed by atoms with Crippen LogP contribution in [0, 0.1) is 0 Å². The van der Waals surface area contributed by atoms with Gasteiger partial charge in [-0.3, -0.25) is 9.78 Å². The second kappa shape index (κ2) is 7.62. The molecule has 152 valence electrons. The van der Waals surface area contributed by atoms with Gasteiger partial charge < -0.3 is 19.9 Å². The molecule has 1 aromatic carbocycles. The number of amides is 1. The molecule has 1 aliphatic rings. The number of hydrogen-bond acceptors (Lipinski definition) is 6. The molecule has 1 saturated heterocycles. The van der Waals surface area contributed by atoms with Crippen LogP contribution in [-0.2, 0) is 11.3 Å². The van der Waals surface area contributed by atoms with Gasteiger partial charge in [0.2, 0.25) is 5.91 Å². The molecule has 8 heteroatoms. The van der Waals surface area contributed by atoms with Crippen LogP contribution in [0.1, 0.15) is 12.8 Å². The summed E-state index contributed by atoms with van der Waals surface area (Å²) in [5.41, 5.74) is 7.15. The smallest absolute Gasteiger partial charge is 0.237 e. The number of piperidine rings is 1. The highest BCUT2D eigenvalue weighted by molar-refractivity contribution is 5.89. The van der Waals surface area contributed by atoms with Gasteiger partial charge in [0.1, 0.15) is 30.5 Å². The first-order valence-electron chi connectivity index (χ1n) is 10.0. The van der Waals surface area contributed by atoms with Crippen LogP contribution in [-0.4, -0.2) is 44.6 Å². The number of benzene rings is 1. The zero-order valence-electron chi connectivity index (χ0n) is 16.4. The van der Waals surface area contributed by atoms with E-state index in [9.17, 15) is 4.79 Å². The third-order valence-corrected chi connectivity index (χ3v) is 5.55. The molecule has 0 unspecified atom stereocenters. The maximum absolute atomic E-state index is 11.3. The Morgan fingerprint density at radius 1 is 1.13 bits per heavy atom. The lowest BCUT2D eigenvalue weighted by molar-refractivity contribution is -0.118. The average Bonchev–Trinajstić information content (AvgIpc) is 3.17. The molecule has 0 bridgehead atoms. The molecule has 5 rings (SSSR count). The lowest BCUT2D eigenvalue weighted by atomic mass is 10.1. The van der Waals surface area contributed by atoms with Crippen molar-refractivity contribution in [3.05, 3.63) is 55.2 Å². The zero-order valence-corrected chi connectivity index (χ0v) is 16.4. The van der Waals surface area contributed by atoms with Gasteiger partial charge in [-0.05, 0) is 24.3 Å². The highest BCUT2D eigenvalue weighted by Gasteiger charge is 2.23. The number of fused-ring (bicyclic) bond motifs is 2. The van der Waals surface area contributed by atoms with E-state index in [1.54, 1.807) is 18.7 Å². The molecule has 1 amide bonds. The van der Waals surface area contributed by atoms with E-state index in [4.69, 9.17) is 10.5 Å². The minimum absolute atomic E-state index is 0.126. The Kier molecular flexibility index (Phi) is 4.66. The van der Waals surface area contributed by atoms with Crippen LogP contribution < -0.4 is 15.4 Å². The molecule has 30 heavy (non-hydrogen) atoms. The monoisotopic (exact) mass is 402 g/mol. The SMILES string of the molecule is NC(=O)Cn1ccc2c(OC3CCN(c4ncnc5cnccc45)CC3)cccc21. The van der Waals surface area contributed by atoms with Crippen molar-refractivity contribution in [2.24, 2.45) is 5.73 Å². The minimum Gasteiger partial charge on any atom is -0.490 e. The van der Waals surface area contributed by atoms with Crippen LogP contribution in [0.25, 0.3) is 21.8 Å². The number of primary amides is 1. The summed E-state index contributed by atoms with van der Waals surface area (Å²) in [6, 6.07) is 9.84. The van der Waals surface area contributed by atoms with Crippen LogP contribution in [0.15, 0.2) is 55.2 Å². The number of carbonyl (C=O) groups is 1. The topological polar surface area (TPSA) is 99.2 Å². The van der Waals surface area contributed by atoms with Gasteiger partial charge >= 0.3 is 0 Å². The van der Waals surface area contributed by atoms with E-state index in [0.717, 1.165) is 59.3 Å². The van der Waals surface area contributed by atoms with Crippen LogP contribution in [0.3, 0.4) is 0 Å². The summed E-state index contributed by atoms with van der Waals surface area (Å²) in [5.74, 6) is 1.43. The molecule has 2 N–H and O–H groups in total. The lowest BCUT2D eigenvalue weighted by Crippen LogP contribution is -2.38. The van der Waals surface area contributed by atoms with Gasteiger partial charge in [0.05, 0.1) is 17.2 Å². The quantitative estimate of drug-likeness (QED) is 0.551. The number of carbonyl (C=O) groups excluding carboxylic acids is 1. The number of nitrogens with zero attached hydrogens (tertiary/aromatic N) is 5. The summed E-state index contributed by atoms with van der Waals surface area (Å²) in [5, 5.41) is 2.02. The second-order valence-electron chi connectivity index (χ2n) is 7.49. The molecule has 3 aromatic heterocycles. The van der Waals surface area contributed by atoms with Crippen molar-refractivity contribution in [2.45, 2.75) is 25.5 Å². The Morgan fingerprint density at radius 2 is 2.00 bits per heavy atom. The Hall–Kier alpha value is -3.68. The molecule has 8 nitrogen and oxygen atoms in total. The normalized spacial score (nSPS) is 15.0. The van der Waals surface area contributed by atoms with Crippen LogP contribution in [0.2, 0.25) is 0 Å². The summed E-state index contributed by atoms with van der Waals surface area (Å²) >= 11 is 0. The average molecular weight is 402 g/mol. The van der Waals surface area contributed by atoms with E-state index in [1.807, 2.05) is 41.1 Å². The van der Waals surface area contributed by atoms with Crippen molar-refractivity contribution in [1.82, 2.24) is 19.5 Å². The zero-order chi connectivity index (χ0) is 20.5. The largest absolute Gasteiger partial charge is 0.490 e. The van der Waals surface area contributed by atoms with Crippen molar-refractivity contribution in [3.63, 3.8) is 0 Å². The fourth-order valence-electron chi connectivity index (χ4n) is 4.11. The van der Waals surface area contributed by atoms with E-state index in [2.05, 4.69) is 19.9 Å². The van der Waals surface area contributed by atoms with Gasteiger partial charge in [0.25, 0.3) is 0 Å². The molecule has 1 aliphatic heterocycles. The van der Waals surface area contributed by atoms with Gasteiger partial charge in [0.15, 0.2) is 0 Å². The highest BCUT2D eigenvalue weighted by atomic mass is 16.5. The Labute approximate surface area is 173 Å². The minimum atomic E-state index is -0.362. The first kappa shape index (κ1) is 18.4. The maximum Gasteiger partial charge on any atom is 0.237 e. The Bertz CT molecular complexity index is 1210. The summed E-state index contributed by atoms with van der Waals surface area (Å²) < 4.78 is 8.21. The maximum atomic E-state index is 11.3. The van der Waals surface area contributed by atoms with Crippen LogP contribution in [0.4, 0.5) is 5.82 Å². The third-order valence-electron chi connectivity index (χ3n) is 5.55. The summed E-state index contributed by atoms with van der Waals surface area (Å²) in [6.07, 6.45) is 8.93. The van der Waals surface area contributed by atoms with E-state index >= 15 is 0 Å². The molecular weight excluding hydrogens is 380 g/mol. The van der Waals surface area contributed by atoms with E-state index in [-0.39, 0.29) is 18.6 Å². The summed E-state index contributed by atoms with van der Waals surface area (Å²) in [6.45, 7) is 1.88. The first-order chi connectivity index (χ1) is 14.7. The molecule has 1 fully saturated rings. The van der Waals surface area contributed by atoms with Crippen molar-refractivity contribution < 1.29 is 9.53 Å². The van der Waals surface area contributed by atoms with Gasteiger partial charge in [-0.1, -0.05) is 6.07 Å². The van der Waals surface area contributed by atoms with Gasteiger partial charge in [-0.2, -0.15) is 0 Å². The standard InChI is InChI=1S/C22H22N6O2/c23-21(29)13-28-11-7-17-19(28)2-1-3-20(17)30-15-5-9-27(10-6-15)22-16-4-8-24-12-18(16)25-14-26-22/h1-4,7-8,11-12,14-15H,5-6,9-10,13H2,(H2,23,29). The highest BCUT2D eigenvalue weighted by Crippen LogP contribution is 2.30. The van der Waals surface area contributed by atoms with Crippen molar-refractivity contribution in [2.75, 3.05) is 18.0 Å². The number of anilines is 1. The number of pyridine rings is 1. The van der Waals surface area contributed by atoms with E-state index in [0.29, 0.717) is 0 Å². The molecule has 0 saturated carbocycles. The predicted molar refractivity (Wildman–Crippen MR) is 114 cm³/mol. The molecule has 0 aliphatic carbocycles. The molecule has 4 aromatic rings. The van der Waals surface area contributed by atoms with Gasteiger partial charge in [-0.15, -0.1) is 0 Å². The van der Waals surface area contributed by atoms with Crippen LogP contribution in [0.5, 0.6) is 5.75 Å². The molecule has 0 atom stereocenters. The lowest BCUT2D eigenvalue weighted by Gasteiger charge is -2.33. The Balaban J connectivity index is 1.31. The summed E-state index contributed by atoms with van der Waals surface area (Å²) in [4.78, 5) is 26.5. The number of rotatable bonds is 5. The first-order valence-corrected chi connectivity index (χ1v) is 10.0. The fourth-order valence-corrected chi connectivity index (χ4v) is 4.11. The number of aromatic nitrogens is 4. The predicted octanol–water partition coefficient (Wildman–Crippen LogP) is 2.51. The fraction of sp³-hybridized carbons (Fsp3) is 0.273. The van der Waals surface area contributed by atoms with Gasteiger partial charge in [-0.25, -0.2) is 9.97 Å². The number of ether oxygens (including phenoxy) is 1. The van der Waals surface area contributed by atoms with Crippen LogP contribution >= 0.6 is 0 Å². The van der Waals surface area contributed by atoms with Crippen molar-refractivity contribution in [1.29, 1.82) is 0 Å². The molecule has 0 spiro atoms. The number of hydrogen-bond donors (Lipinski definition) is 1. The third kappa shape index (κ3) is 3.41. The Morgan fingerprint density at radius 3 is 2.83 bits per heavy atom. The molecular formula is C22H22N6O2. The van der Waals surface area contributed by atoms with E-state index < -0.39 is 0 Å². The molecule has 0 radical (unpaired) electrons. The van der Waals surface area contributed by atoms with Gasteiger partial charge in [0, 0.05) is 49.1 Å². The molecule has 4 heterocycles. The summed E-state index contributed by atoms with van der Waals surface area (Å²) in [7, 11) is 0. The van der Waals surface area contributed by atoms with Crippen molar-refractivity contribution >= 4 is 33.5 Å². The second-order valence-corrected chi connectivity index (χ2v) is 7.49. The number of nitrogens with two attached hydrogens (primary N) is 1. The van der Waals surface area contributed by atoms with Crippen molar-refractivity contribution in [3.8, 4) is 5.75 Å². The van der Waals surface area contributed by atoms with E-state index in [1.165, 1.54) is 0 Å².